The van der Waals surface area contributed by atoms with Gasteiger partial charge in [0.25, 0.3) is 5.56 Å². The van der Waals surface area contributed by atoms with Crippen molar-refractivity contribution in [3.05, 3.63) is 76.2 Å². The van der Waals surface area contributed by atoms with Gasteiger partial charge in [0.2, 0.25) is 5.13 Å². The van der Waals surface area contributed by atoms with Gasteiger partial charge in [0.1, 0.15) is 0 Å². The smallest absolute Gasteiger partial charge is 0.280 e. The molecule has 2 heterocycles. The maximum Gasteiger partial charge on any atom is 0.280 e. The van der Waals surface area contributed by atoms with E-state index in [1.807, 2.05) is 61.5 Å². The van der Waals surface area contributed by atoms with E-state index in [0.717, 1.165) is 21.6 Å². The lowest BCUT2D eigenvalue weighted by molar-refractivity contribution is 0.835. The van der Waals surface area contributed by atoms with Crippen LogP contribution in [0.2, 0.25) is 0 Å². The second-order valence-electron chi connectivity index (χ2n) is 5.48. The molecule has 4 rings (SSSR count). The van der Waals surface area contributed by atoms with E-state index in [0.29, 0.717) is 10.7 Å². The Kier molecular flexibility index (Phi) is 3.91. The summed E-state index contributed by atoms with van der Waals surface area (Å²) in [5.41, 5.74) is 5.74. The van der Waals surface area contributed by atoms with Crippen molar-refractivity contribution in [2.75, 3.05) is 5.43 Å². The van der Waals surface area contributed by atoms with E-state index in [4.69, 9.17) is 0 Å². The Balaban J connectivity index is 1.59. The minimum atomic E-state index is -0.140. The maximum absolute atomic E-state index is 12.6. The zero-order chi connectivity index (χ0) is 17.2. The van der Waals surface area contributed by atoms with Gasteiger partial charge in [0.15, 0.2) is 0 Å². The minimum Gasteiger partial charge on any atom is -0.295 e. The summed E-state index contributed by atoms with van der Waals surface area (Å²) in [7, 11) is 0. The van der Waals surface area contributed by atoms with Crippen molar-refractivity contribution in [3.8, 4) is 5.69 Å². The van der Waals surface area contributed by atoms with E-state index in [1.165, 1.54) is 22.2 Å². The molecule has 0 radical (unpaired) electrons. The van der Waals surface area contributed by atoms with Crippen LogP contribution in [-0.4, -0.2) is 21.0 Å². The van der Waals surface area contributed by atoms with E-state index in [1.54, 1.807) is 0 Å². The Morgan fingerprint density at radius 3 is 2.72 bits per heavy atom. The molecule has 0 aliphatic heterocycles. The average molecular weight is 349 g/mol. The molecule has 2 N–H and O–H groups in total. The van der Waals surface area contributed by atoms with Crippen molar-refractivity contribution in [1.82, 2.24) is 14.8 Å². The van der Waals surface area contributed by atoms with Crippen LogP contribution in [-0.2, 0) is 0 Å². The number of aryl methyl sites for hydroxylation is 1. The summed E-state index contributed by atoms with van der Waals surface area (Å²) in [5, 5.41) is 7.94. The fourth-order valence-corrected chi connectivity index (χ4v) is 3.36. The van der Waals surface area contributed by atoms with E-state index >= 15 is 0 Å². The van der Waals surface area contributed by atoms with Gasteiger partial charge in [-0.15, -0.1) is 0 Å². The standard InChI is InChI=1S/C18H15N5OS/c1-12-14(17(24)23(22-12)13-7-3-2-4-8-13)11-19-21-18-20-15-9-5-6-10-16(15)25-18/h2-11,22H,1H3,(H,20,21)/b19-11+. The van der Waals surface area contributed by atoms with Crippen LogP contribution in [0.1, 0.15) is 11.3 Å². The number of aromatic amines is 1. The number of para-hydroxylation sites is 2. The molecule has 0 aliphatic rings. The number of hydrogen-bond acceptors (Lipinski definition) is 5. The fourth-order valence-electron chi connectivity index (χ4n) is 2.54. The molecule has 0 aliphatic carbocycles. The van der Waals surface area contributed by atoms with Crippen LogP contribution in [0.25, 0.3) is 15.9 Å². The molecule has 25 heavy (non-hydrogen) atoms. The molecule has 0 fully saturated rings. The first-order valence-electron chi connectivity index (χ1n) is 7.74. The van der Waals surface area contributed by atoms with Crippen molar-refractivity contribution in [1.29, 1.82) is 0 Å². The Hall–Kier alpha value is -3.19. The van der Waals surface area contributed by atoms with Crippen LogP contribution < -0.4 is 11.0 Å². The second kappa shape index (κ2) is 6.37. The number of nitrogens with zero attached hydrogens (tertiary/aromatic N) is 3. The molecule has 0 saturated carbocycles. The van der Waals surface area contributed by atoms with Gasteiger partial charge in [-0.2, -0.15) is 5.10 Å². The third-order valence-corrected chi connectivity index (χ3v) is 4.72. The summed E-state index contributed by atoms with van der Waals surface area (Å²) in [4.78, 5) is 17.0. The maximum atomic E-state index is 12.6. The lowest BCUT2D eigenvalue weighted by Gasteiger charge is -1.99. The van der Waals surface area contributed by atoms with Crippen LogP contribution in [0.4, 0.5) is 5.13 Å². The van der Waals surface area contributed by atoms with E-state index in [9.17, 15) is 4.79 Å². The lowest BCUT2D eigenvalue weighted by Crippen LogP contribution is -2.17. The summed E-state index contributed by atoms with van der Waals surface area (Å²) in [6.45, 7) is 1.85. The Bertz CT molecular complexity index is 1070. The first-order valence-corrected chi connectivity index (χ1v) is 8.56. The number of rotatable bonds is 4. The van der Waals surface area contributed by atoms with Crippen molar-refractivity contribution in [3.63, 3.8) is 0 Å². The highest BCUT2D eigenvalue weighted by atomic mass is 32.1. The molecule has 0 saturated heterocycles. The molecule has 4 aromatic rings. The number of hydrazone groups is 1. The van der Waals surface area contributed by atoms with E-state index in [-0.39, 0.29) is 5.56 Å². The van der Waals surface area contributed by atoms with E-state index < -0.39 is 0 Å². The molecule has 7 heteroatoms. The second-order valence-corrected chi connectivity index (χ2v) is 6.51. The van der Waals surface area contributed by atoms with Crippen molar-refractivity contribution < 1.29 is 0 Å². The molecular weight excluding hydrogens is 334 g/mol. The summed E-state index contributed by atoms with van der Waals surface area (Å²) in [6.07, 6.45) is 1.53. The van der Waals surface area contributed by atoms with Gasteiger partial charge in [0, 0.05) is 5.69 Å². The van der Waals surface area contributed by atoms with Gasteiger partial charge in [-0.1, -0.05) is 41.7 Å². The number of nitrogens with one attached hydrogen (secondary N) is 2. The van der Waals surface area contributed by atoms with Crippen LogP contribution >= 0.6 is 11.3 Å². The first-order chi connectivity index (χ1) is 12.2. The zero-order valence-corrected chi connectivity index (χ0v) is 14.2. The first kappa shape index (κ1) is 15.3. The van der Waals surface area contributed by atoms with Gasteiger partial charge < -0.3 is 0 Å². The number of hydrogen-bond donors (Lipinski definition) is 2. The molecule has 2 aromatic heterocycles. The number of anilines is 1. The number of aromatic nitrogens is 3. The zero-order valence-electron chi connectivity index (χ0n) is 13.4. The molecular formula is C18H15N5OS. The summed E-state index contributed by atoms with van der Waals surface area (Å²) in [5.74, 6) is 0. The molecule has 0 bridgehead atoms. The van der Waals surface area contributed by atoms with Crippen molar-refractivity contribution in [2.24, 2.45) is 5.10 Å². The van der Waals surface area contributed by atoms with Crippen LogP contribution in [0.15, 0.2) is 64.5 Å². The van der Waals surface area contributed by atoms with Gasteiger partial charge in [-0.05, 0) is 31.2 Å². The topological polar surface area (TPSA) is 75.1 Å². The van der Waals surface area contributed by atoms with Gasteiger partial charge in [0.05, 0.1) is 27.7 Å². The van der Waals surface area contributed by atoms with Gasteiger partial charge in [-0.3, -0.25) is 15.3 Å². The lowest BCUT2D eigenvalue weighted by atomic mass is 10.3. The third kappa shape index (κ3) is 2.97. The van der Waals surface area contributed by atoms with E-state index in [2.05, 4.69) is 20.6 Å². The normalized spacial score (nSPS) is 11.4. The predicted molar refractivity (Wildman–Crippen MR) is 102 cm³/mol. The monoisotopic (exact) mass is 349 g/mol. The minimum absolute atomic E-state index is 0.140. The van der Waals surface area contributed by atoms with Crippen LogP contribution in [0.3, 0.4) is 0 Å². The number of fused-ring (bicyclic) bond motifs is 1. The molecule has 2 aromatic carbocycles. The Morgan fingerprint density at radius 1 is 1.16 bits per heavy atom. The molecule has 0 spiro atoms. The molecule has 0 atom stereocenters. The highest BCUT2D eigenvalue weighted by Gasteiger charge is 2.10. The Morgan fingerprint density at radius 2 is 1.92 bits per heavy atom. The van der Waals surface area contributed by atoms with Crippen LogP contribution in [0, 0.1) is 6.92 Å². The largest absolute Gasteiger partial charge is 0.295 e. The number of thiazole rings is 1. The highest BCUT2D eigenvalue weighted by Crippen LogP contribution is 2.25. The molecule has 6 nitrogen and oxygen atoms in total. The number of benzene rings is 2. The average Bonchev–Trinajstić information content (AvgIpc) is 3.17. The van der Waals surface area contributed by atoms with Gasteiger partial charge >= 0.3 is 0 Å². The summed E-state index contributed by atoms with van der Waals surface area (Å²) >= 11 is 1.52. The summed E-state index contributed by atoms with van der Waals surface area (Å²) in [6, 6.07) is 17.3. The fraction of sp³-hybridized carbons (Fsp3) is 0.0556. The molecule has 124 valence electrons. The van der Waals surface area contributed by atoms with Crippen molar-refractivity contribution in [2.45, 2.75) is 6.92 Å². The molecule has 0 unspecified atom stereocenters. The predicted octanol–water partition coefficient (Wildman–Crippen LogP) is 3.53. The number of H-pyrrole nitrogens is 1. The SMILES string of the molecule is Cc1[nH]n(-c2ccccc2)c(=O)c1/C=N/Nc1nc2ccccc2s1. The third-order valence-electron chi connectivity index (χ3n) is 3.78. The quantitative estimate of drug-likeness (QED) is 0.437. The highest BCUT2D eigenvalue weighted by molar-refractivity contribution is 7.22. The van der Waals surface area contributed by atoms with Crippen molar-refractivity contribution >= 4 is 32.9 Å². The van der Waals surface area contributed by atoms with Gasteiger partial charge in [-0.25, -0.2) is 9.67 Å². The molecule has 0 amide bonds. The summed E-state index contributed by atoms with van der Waals surface area (Å²) < 4.78 is 2.60. The van der Waals surface area contributed by atoms with Crippen LogP contribution in [0.5, 0.6) is 0 Å². The Labute approximate surface area is 147 Å².